The molecule has 0 fully saturated rings. The molecule has 21 heavy (non-hydrogen) atoms. The highest BCUT2D eigenvalue weighted by atomic mass is 16.6. The van der Waals surface area contributed by atoms with Crippen molar-refractivity contribution in [3.05, 3.63) is 35.4 Å². The van der Waals surface area contributed by atoms with E-state index in [1.807, 2.05) is 26.0 Å². The molecule has 0 saturated heterocycles. The lowest BCUT2D eigenvalue weighted by atomic mass is 10.0. The van der Waals surface area contributed by atoms with Gasteiger partial charge in [0.2, 0.25) is 0 Å². The van der Waals surface area contributed by atoms with E-state index < -0.39 is 5.97 Å². The van der Waals surface area contributed by atoms with Crippen LogP contribution in [0.3, 0.4) is 0 Å². The van der Waals surface area contributed by atoms with Crippen LogP contribution in [0.25, 0.3) is 6.08 Å². The second-order valence-electron chi connectivity index (χ2n) is 5.44. The molecule has 1 aliphatic heterocycles. The summed E-state index contributed by atoms with van der Waals surface area (Å²) in [6.07, 6.45) is 5.63. The molecule has 1 aliphatic rings. The van der Waals surface area contributed by atoms with Gasteiger partial charge >= 0.3 is 5.97 Å². The van der Waals surface area contributed by atoms with Crippen molar-refractivity contribution < 1.29 is 19.0 Å². The summed E-state index contributed by atoms with van der Waals surface area (Å²) >= 11 is 0. The molecular formula is C17H20O4. The van der Waals surface area contributed by atoms with Crippen LogP contribution in [0, 0.1) is 0 Å². The molecule has 4 nitrogen and oxygen atoms in total. The number of rotatable bonds is 3. The molecule has 0 aromatic heterocycles. The Labute approximate surface area is 125 Å². The van der Waals surface area contributed by atoms with E-state index in [0.29, 0.717) is 22.8 Å². The van der Waals surface area contributed by atoms with E-state index in [9.17, 15) is 4.79 Å². The zero-order valence-electron chi connectivity index (χ0n) is 13.0. The van der Waals surface area contributed by atoms with Gasteiger partial charge in [0, 0.05) is 17.2 Å². The van der Waals surface area contributed by atoms with Gasteiger partial charge in [0.15, 0.2) is 11.5 Å². The van der Waals surface area contributed by atoms with E-state index in [-0.39, 0.29) is 5.60 Å². The molecule has 112 valence electrons. The Kier molecular flexibility index (Phi) is 4.07. The molecule has 0 bridgehead atoms. The van der Waals surface area contributed by atoms with Crippen molar-refractivity contribution in [3.8, 4) is 17.2 Å². The van der Waals surface area contributed by atoms with Crippen LogP contribution in [0.5, 0.6) is 17.2 Å². The van der Waals surface area contributed by atoms with Gasteiger partial charge in [-0.1, -0.05) is 12.2 Å². The fourth-order valence-electron chi connectivity index (χ4n) is 1.92. The number of ether oxygens (including phenoxy) is 3. The van der Waals surface area contributed by atoms with Crippen LogP contribution in [0.15, 0.2) is 29.9 Å². The smallest absolute Gasteiger partial charge is 0.338 e. The summed E-state index contributed by atoms with van der Waals surface area (Å²) in [4.78, 5) is 11.9. The standard InChI is InChI=1S/C17H20O4/c1-6-11(2)16(18)20-15-9-12-7-8-17(3,4)21-13(12)10-14(15)19-5/h6-10H,1-5H3/b11-6+. The first kappa shape index (κ1) is 15.2. The summed E-state index contributed by atoms with van der Waals surface area (Å²) < 4.78 is 16.6. The first-order valence-corrected chi connectivity index (χ1v) is 6.81. The number of carbonyl (C=O) groups excluding carboxylic acids is 1. The highest BCUT2D eigenvalue weighted by Crippen LogP contribution is 2.39. The van der Waals surface area contributed by atoms with E-state index in [1.165, 1.54) is 7.11 Å². The maximum absolute atomic E-state index is 11.9. The highest BCUT2D eigenvalue weighted by molar-refractivity contribution is 5.90. The highest BCUT2D eigenvalue weighted by Gasteiger charge is 2.24. The van der Waals surface area contributed by atoms with Gasteiger partial charge in [-0.25, -0.2) is 4.79 Å². The molecule has 1 aromatic carbocycles. The SMILES string of the molecule is C/C=C(\C)C(=O)Oc1cc2c(cc1OC)OC(C)(C)C=C2. The molecule has 0 aliphatic carbocycles. The van der Waals surface area contributed by atoms with E-state index >= 15 is 0 Å². The molecule has 0 radical (unpaired) electrons. The monoisotopic (exact) mass is 288 g/mol. The van der Waals surface area contributed by atoms with Crippen molar-refractivity contribution in [3.63, 3.8) is 0 Å². The zero-order valence-corrected chi connectivity index (χ0v) is 13.0. The minimum Gasteiger partial charge on any atom is -0.493 e. The second kappa shape index (κ2) is 5.64. The average molecular weight is 288 g/mol. The number of carbonyl (C=O) groups is 1. The summed E-state index contributed by atoms with van der Waals surface area (Å²) in [7, 11) is 1.53. The fraction of sp³-hybridized carbons (Fsp3) is 0.353. The Morgan fingerprint density at radius 3 is 2.62 bits per heavy atom. The van der Waals surface area contributed by atoms with Crippen molar-refractivity contribution in [2.45, 2.75) is 33.3 Å². The Bertz CT molecular complexity index is 624. The van der Waals surface area contributed by atoms with Gasteiger partial charge in [-0.15, -0.1) is 0 Å². The van der Waals surface area contributed by atoms with E-state index in [0.717, 1.165) is 5.56 Å². The minimum atomic E-state index is -0.392. The topological polar surface area (TPSA) is 44.8 Å². The number of fused-ring (bicyclic) bond motifs is 1. The summed E-state index contributed by atoms with van der Waals surface area (Å²) in [5, 5.41) is 0. The number of methoxy groups -OCH3 is 1. The number of hydrogen-bond donors (Lipinski definition) is 0. The van der Waals surface area contributed by atoms with Gasteiger partial charge in [-0.3, -0.25) is 0 Å². The van der Waals surface area contributed by atoms with E-state index in [2.05, 4.69) is 0 Å². The average Bonchev–Trinajstić information content (AvgIpc) is 2.45. The van der Waals surface area contributed by atoms with E-state index in [4.69, 9.17) is 14.2 Å². The molecule has 0 atom stereocenters. The van der Waals surface area contributed by atoms with Crippen molar-refractivity contribution in [2.24, 2.45) is 0 Å². The van der Waals surface area contributed by atoms with Crippen molar-refractivity contribution in [1.82, 2.24) is 0 Å². The summed E-state index contributed by atoms with van der Waals surface area (Å²) in [6.45, 7) is 7.45. The van der Waals surface area contributed by atoms with Crippen molar-refractivity contribution >= 4 is 12.0 Å². The van der Waals surface area contributed by atoms with Crippen LogP contribution in [-0.4, -0.2) is 18.7 Å². The maximum Gasteiger partial charge on any atom is 0.338 e. The van der Waals surface area contributed by atoms with Crippen molar-refractivity contribution in [1.29, 1.82) is 0 Å². The van der Waals surface area contributed by atoms with Crippen molar-refractivity contribution in [2.75, 3.05) is 7.11 Å². The lowest BCUT2D eigenvalue weighted by Gasteiger charge is -2.28. The van der Waals surface area contributed by atoms with Gasteiger partial charge in [-0.2, -0.15) is 0 Å². The number of benzene rings is 1. The van der Waals surface area contributed by atoms with Gasteiger partial charge in [0.1, 0.15) is 11.4 Å². The maximum atomic E-state index is 11.9. The molecule has 4 heteroatoms. The Morgan fingerprint density at radius 2 is 2.00 bits per heavy atom. The van der Waals surface area contributed by atoms with Crippen LogP contribution in [-0.2, 0) is 4.79 Å². The third-order valence-electron chi connectivity index (χ3n) is 3.29. The predicted molar refractivity (Wildman–Crippen MR) is 81.8 cm³/mol. The molecule has 1 heterocycles. The molecule has 1 aromatic rings. The molecule has 0 amide bonds. The first-order valence-electron chi connectivity index (χ1n) is 6.81. The van der Waals surface area contributed by atoms with Crippen LogP contribution in [0.1, 0.15) is 33.3 Å². The van der Waals surface area contributed by atoms with Gasteiger partial charge in [-0.05, 0) is 39.8 Å². The van der Waals surface area contributed by atoms with Gasteiger partial charge < -0.3 is 14.2 Å². The molecule has 0 unspecified atom stereocenters. The number of hydrogen-bond acceptors (Lipinski definition) is 4. The zero-order chi connectivity index (χ0) is 15.6. The quantitative estimate of drug-likeness (QED) is 0.483. The van der Waals surface area contributed by atoms with Crippen LogP contribution in [0.2, 0.25) is 0 Å². The molecule has 0 saturated carbocycles. The summed E-state index contributed by atoms with van der Waals surface area (Å²) in [6, 6.07) is 3.49. The van der Waals surface area contributed by atoms with E-state index in [1.54, 1.807) is 32.1 Å². The fourth-order valence-corrected chi connectivity index (χ4v) is 1.92. The normalized spacial score (nSPS) is 16.0. The Balaban J connectivity index is 2.38. The lowest BCUT2D eigenvalue weighted by Crippen LogP contribution is -2.27. The molecular weight excluding hydrogens is 268 g/mol. The lowest BCUT2D eigenvalue weighted by molar-refractivity contribution is -0.130. The first-order chi connectivity index (χ1) is 9.86. The largest absolute Gasteiger partial charge is 0.493 e. The van der Waals surface area contributed by atoms with Crippen LogP contribution in [0.4, 0.5) is 0 Å². The Morgan fingerprint density at radius 1 is 1.29 bits per heavy atom. The van der Waals surface area contributed by atoms with Crippen LogP contribution < -0.4 is 14.2 Å². The molecule has 0 N–H and O–H groups in total. The Hall–Kier alpha value is -2.23. The molecule has 0 spiro atoms. The van der Waals surface area contributed by atoms with Gasteiger partial charge in [0.25, 0.3) is 0 Å². The third-order valence-corrected chi connectivity index (χ3v) is 3.29. The van der Waals surface area contributed by atoms with Gasteiger partial charge in [0.05, 0.1) is 7.11 Å². The third kappa shape index (κ3) is 3.27. The molecule has 2 rings (SSSR count). The minimum absolute atomic E-state index is 0.363. The summed E-state index contributed by atoms with van der Waals surface area (Å²) in [5.74, 6) is 1.17. The number of esters is 1. The number of allylic oxidation sites excluding steroid dienone is 1. The predicted octanol–water partition coefficient (Wildman–Crippen LogP) is 3.75. The summed E-state index contributed by atoms with van der Waals surface area (Å²) in [5.41, 5.74) is 1.04. The van der Waals surface area contributed by atoms with Crippen LogP contribution >= 0.6 is 0 Å². The second-order valence-corrected chi connectivity index (χ2v) is 5.44.